The van der Waals surface area contributed by atoms with E-state index in [0.717, 1.165) is 30.0 Å². The summed E-state index contributed by atoms with van der Waals surface area (Å²) in [6.45, 7) is 6.20. The average Bonchev–Trinajstić information content (AvgIpc) is 2.68. The molecule has 4 rings (SSSR count). The highest BCUT2D eigenvalue weighted by Gasteiger charge is 2.25. The van der Waals surface area contributed by atoms with Gasteiger partial charge in [0.1, 0.15) is 0 Å². The summed E-state index contributed by atoms with van der Waals surface area (Å²) >= 11 is 0. The smallest absolute Gasteiger partial charge is 0.161 e. The predicted octanol–water partition coefficient (Wildman–Crippen LogP) is 4.27. The van der Waals surface area contributed by atoms with E-state index in [-0.39, 0.29) is 6.04 Å². The van der Waals surface area contributed by atoms with Crippen molar-refractivity contribution in [2.24, 2.45) is 0 Å². The molecule has 2 heterocycles. The number of rotatable bonds is 5. The van der Waals surface area contributed by atoms with Crippen molar-refractivity contribution in [1.82, 2.24) is 10.3 Å². The minimum atomic E-state index is 0.126. The first-order valence-corrected chi connectivity index (χ1v) is 9.31. The van der Waals surface area contributed by atoms with Crippen molar-refractivity contribution < 1.29 is 9.47 Å². The van der Waals surface area contributed by atoms with Crippen LogP contribution in [0.2, 0.25) is 0 Å². The predicted molar refractivity (Wildman–Crippen MR) is 104 cm³/mol. The maximum atomic E-state index is 5.86. The highest BCUT2D eigenvalue weighted by molar-refractivity contribution is 5.83. The number of pyridine rings is 1. The summed E-state index contributed by atoms with van der Waals surface area (Å²) in [7, 11) is 0. The van der Waals surface area contributed by atoms with Crippen LogP contribution in [0.3, 0.4) is 0 Å². The van der Waals surface area contributed by atoms with Gasteiger partial charge in [0, 0.05) is 18.1 Å². The number of para-hydroxylation sites is 1. The van der Waals surface area contributed by atoms with Crippen LogP contribution < -0.4 is 14.8 Å². The van der Waals surface area contributed by atoms with E-state index >= 15 is 0 Å². The van der Waals surface area contributed by atoms with E-state index in [1.807, 2.05) is 26.1 Å². The lowest BCUT2D eigenvalue weighted by atomic mass is 9.88. The molecule has 0 bridgehead atoms. The molecule has 134 valence electrons. The van der Waals surface area contributed by atoms with Crippen molar-refractivity contribution in [3.63, 3.8) is 0 Å². The molecule has 0 saturated heterocycles. The molecule has 0 fully saturated rings. The second-order valence-corrected chi connectivity index (χ2v) is 6.42. The minimum absolute atomic E-state index is 0.126. The fourth-order valence-electron chi connectivity index (χ4n) is 3.75. The van der Waals surface area contributed by atoms with Gasteiger partial charge in [-0.2, -0.15) is 0 Å². The zero-order chi connectivity index (χ0) is 17.9. The van der Waals surface area contributed by atoms with Gasteiger partial charge in [0.2, 0.25) is 0 Å². The molecule has 1 unspecified atom stereocenters. The molecular weight excluding hydrogens is 324 g/mol. The van der Waals surface area contributed by atoms with Gasteiger partial charge in [-0.1, -0.05) is 18.2 Å². The van der Waals surface area contributed by atoms with Gasteiger partial charge in [0.25, 0.3) is 0 Å². The van der Waals surface area contributed by atoms with Crippen molar-refractivity contribution in [2.45, 2.75) is 26.3 Å². The zero-order valence-electron chi connectivity index (χ0n) is 15.3. The van der Waals surface area contributed by atoms with Gasteiger partial charge in [0.05, 0.1) is 24.8 Å². The second kappa shape index (κ2) is 7.34. The number of fused-ring (bicyclic) bond motifs is 2. The molecule has 0 spiro atoms. The number of aromatic nitrogens is 1. The third-order valence-corrected chi connectivity index (χ3v) is 4.85. The molecule has 1 aliphatic heterocycles. The van der Waals surface area contributed by atoms with Crippen molar-refractivity contribution in [2.75, 3.05) is 19.8 Å². The van der Waals surface area contributed by atoms with Crippen LogP contribution >= 0.6 is 0 Å². The standard InChI is InChI=1S/C22H24N2O2/c1-3-25-20-13-15-9-11-24-22(18(15)14-21(20)26-4-2)17-10-12-23-19-8-6-5-7-16(17)19/h5-8,10,12-14,22,24H,3-4,9,11H2,1-2H3. The van der Waals surface area contributed by atoms with Gasteiger partial charge in [-0.25, -0.2) is 0 Å². The molecule has 1 aliphatic rings. The summed E-state index contributed by atoms with van der Waals surface area (Å²) in [5.74, 6) is 1.66. The van der Waals surface area contributed by atoms with Crippen LogP contribution in [0.25, 0.3) is 10.9 Å². The molecule has 26 heavy (non-hydrogen) atoms. The van der Waals surface area contributed by atoms with Gasteiger partial charge >= 0.3 is 0 Å². The van der Waals surface area contributed by atoms with E-state index in [1.54, 1.807) is 0 Å². The van der Waals surface area contributed by atoms with E-state index in [0.29, 0.717) is 13.2 Å². The van der Waals surface area contributed by atoms with E-state index < -0.39 is 0 Å². The van der Waals surface area contributed by atoms with Crippen molar-refractivity contribution >= 4 is 10.9 Å². The molecule has 0 aliphatic carbocycles. The Labute approximate surface area is 154 Å². The lowest BCUT2D eigenvalue weighted by Gasteiger charge is -2.29. The van der Waals surface area contributed by atoms with E-state index in [4.69, 9.17) is 9.47 Å². The van der Waals surface area contributed by atoms with Gasteiger partial charge in [-0.05, 0) is 61.2 Å². The largest absolute Gasteiger partial charge is 0.490 e. The quantitative estimate of drug-likeness (QED) is 0.748. The molecule has 0 saturated carbocycles. The Morgan fingerprint density at radius 3 is 2.58 bits per heavy atom. The number of hydrogen-bond acceptors (Lipinski definition) is 4. The fourth-order valence-corrected chi connectivity index (χ4v) is 3.75. The minimum Gasteiger partial charge on any atom is -0.490 e. The van der Waals surface area contributed by atoms with Crippen molar-refractivity contribution in [3.8, 4) is 11.5 Å². The van der Waals surface area contributed by atoms with Crippen LogP contribution in [0.15, 0.2) is 48.7 Å². The Hall–Kier alpha value is -2.59. The lowest BCUT2D eigenvalue weighted by molar-refractivity contribution is 0.286. The topological polar surface area (TPSA) is 43.4 Å². The Balaban J connectivity index is 1.85. The van der Waals surface area contributed by atoms with E-state index in [9.17, 15) is 0 Å². The first kappa shape index (κ1) is 16.9. The Morgan fingerprint density at radius 1 is 1.00 bits per heavy atom. The zero-order valence-corrected chi connectivity index (χ0v) is 15.3. The third kappa shape index (κ3) is 3.01. The van der Waals surface area contributed by atoms with Crippen LogP contribution in [0.5, 0.6) is 11.5 Å². The monoisotopic (exact) mass is 348 g/mol. The Bertz CT molecular complexity index is 918. The van der Waals surface area contributed by atoms with Crippen LogP contribution in [0.4, 0.5) is 0 Å². The maximum absolute atomic E-state index is 5.86. The molecule has 4 heteroatoms. The number of nitrogens with zero attached hydrogens (tertiary/aromatic N) is 1. The van der Waals surface area contributed by atoms with Crippen molar-refractivity contribution in [1.29, 1.82) is 0 Å². The number of benzene rings is 2. The molecular formula is C22H24N2O2. The normalized spacial score (nSPS) is 16.3. The Morgan fingerprint density at radius 2 is 1.77 bits per heavy atom. The number of nitrogens with one attached hydrogen (secondary N) is 1. The number of ether oxygens (including phenoxy) is 2. The summed E-state index contributed by atoms with van der Waals surface area (Å²) in [5, 5.41) is 4.87. The van der Waals surface area contributed by atoms with Gasteiger partial charge in [0.15, 0.2) is 11.5 Å². The van der Waals surface area contributed by atoms with Crippen LogP contribution in [0.1, 0.15) is 36.6 Å². The summed E-state index contributed by atoms with van der Waals surface area (Å²) in [5.41, 5.74) is 4.86. The highest BCUT2D eigenvalue weighted by Crippen LogP contribution is 2.39. The molecule has 2 aromatic carbocycles. The summed E-state index contributed by atoms with van der Waals surface area (Å²) in [6, 6.07) is 14.9. The molecule has 3 aromatic rings. The molecule has 0 radical (unpaired) electrons. The average molecular weight is 348 g/mol. The maximum Gasteiger partial charge on any atom is 0.161 e. The summed E-state index contributed by atoms with van der Waals surface area (Å²) in [6.07, 6.45) is 2.88. The molecule has 1 N–H and O–H groups in total. The first-order chi connectivity index (χ1) is 12.8. The van der Waals surface area contributed by atoms with Gasteiger partial charge in [-0.3, -0.25) is 4.98 Å². The fraction of sp³-hybridized carbons (Fsp3) is 0.318. The number of hydrogen-bond donors (Lipinski definition) is 1. The van der Waals surface area contributed by atoms with E-state index in [2.05, 4.69) is 46.7 Å². The van der Waals surface area contributed by atoms with Crippen molar-refractivity contribution in [3.05, 3.63) is 65.4 Å². The molecule has 1 atom stereocenters. The van der Waals surface area contributed by atoms with Crippen LogP contribution in [-0.2, 0) is 6.42 Å². The van der Waals surface area contributed by atoms with Gasteiger partial charge in [-0.15, -0.1) is 0 Å². The molecule has 1 aromatic heterocycles. The molecule has 4 nitrogen and oxygen atoms in total. The summed E-state index contributed by atoms with van der Waals surface area (Å²) in [4.78, 5) is 4.51. The Kier molecular flexibility index (Phi) is 4.76. The van der Waals surface area contributed by atoms with Crippen LogP contribution in [-0.4, -0.2) is 24.7 Å². The summed E-state index contributed by atoms with van der Waals surface area (Å²) < 4.78 is 11.7. The first-order valence-electron chi connectivity index (χ1n) is 9.31. The van der Waals surface area contributed by atoms with Gasteiger partial charge < -0.3 is 14.8 Å². The second-order valence-electron chi connectivity index (χ2n) is 6.42. The highest BCUT2D eigenvalue weighted by atomic mass is 16.5. The molecule has 0 amide bonds. The SMILES string of the molecule is CCOc1cc2c(cc1OCC)C(c1ccnc3ccccc13)NCC2. The lowest BCUT2D eigenvalue weighted by Crippen LogP contribution is -2.31. The third-order valence-electron chi connectivity index (χ3n) is 4.85. The van der Waals surface area contributed by atoms with Crippen LogP contribution in [0, 0.1) is 0 Å². The van der Waals surface area contributed by atoms with E-state index in [1.165, 1.54) is 22.1 Å².